The molecule has 0 saturated carbocycles. The Hall–Kier alpha value is -1.46. The van der Waals surface area contributed by atoms with Crippen molar-refractivity contribution in [3.63, 3.8) is 0 Å². The maximum Gasteiger partial charge on any atom is 0.306 e. The van der Waals surface area contributed by atoms with Gasteiger partial charge in [0, 0.05) is 18.2 Å². The largest absolute Gasteiger partial charge is 0.496 e. The fourth-order valence-corrected chi connectivity index (χ4v) is 2.89. The zero-order valence-electron chi connectivity index (χ0n) is 12.3. The zero-order chi connectivity index (χ0) is 15.4. The van der Waals surface area contributed by atoms with Gasteiger partial charge in [0.2, 0.25) is 0 Å². The standard InChI is InChI=1S/C15H20ClNO4/c1-20-13-8-14(21-2)12(16)7-11(13)9-17-5-3-10(4-6-17)15(18)19/h7-8,10H,3-6,9H2,1-2H3,(H,18,19). The Morgan fingerprint density at radius 2 is 1.90 bits per heavy atom. The highest BCUT2D eigenvalue weighted by molar-refractivity contribution is 6.32. The number of likely N-dealkylation sites (tertiary alicyclic amines) is 1. The summed E-state index contributed by atoms with van der Waals surface area (Å²) in [6, 6.07) is 3.63. The minimum atomic E-state index is -0.695. The number of methoxy groups -OCH3 is 2. The molecule has 0 aromatic heterocycles. The Balaban J connectivity index is 2.06. The van der Waals surface area contributed by atoms with E-state index in [1.165, 1.54) is 0 Å². The molecule has 0 amide bonds. The predicted molar refractivity (Wildman–Crippen MR) is 80.2 cm³/mol. The van der Waals surface area contributed by atoms with Crippen LogP contribution in [0.25, 0.3) is 0 Å². The van der Waals surface area contributed by atoms with Gasteiger partial charge in [-0.1, -0.05) is 11.6 Å². The molecule has 1 aromatic carbocycles. The number of carboxylic acid groups (broad SMARTS) is 1. The van der Waals surface area contributed by atoms with Gasteiger partial charge in [-0.05, 0) is 32.0 Å². The summed E-state index contributed by atoms with van der Waals surface area (Å²) < 4.78 is 10.6. The third-order valence-electron chi connectivity index (χ3n) is 3.89. The van der Waals surface area contributed by atoms with E-state index in [0.717, 1.165) is 24.4 Å². The SMILES string of the molecule is COc1cc(OC)c(CN2CCC(C(=O)O)CC2)cc1Cl. The van der Waals surface area contributed by atoms with Crippen molar-refractivity contribution in [1.29, 1.82) is 0 Å². The maximum absolute atomic E-state index is 11.0. The molecule has 5 nitrogen and oxygen atoms in total. The van der Waals surface area contributed by atoms with Crippen LogP contribution in [0.2, 0.25) is 5.02 Å². The first-order chi connectivity index (χ1) is 10.0. The summed E-state index contributed by atoms with van der Waals surface area (Å²) in [4.78, 5) is 13.2. The van der Waals surface area contributed by atoms with E-state index in [4.69, 9.17) is 26.2 Å². The molecule has 0 aliphatic carbocycles. The Kier molecular flexibility index (Phi) is 5.31. The number of piperidine rings is 1. The van der Waals surface area contributed by atoms with E-state index >= 15 is 0 Å². The van der Waals surface area contributed by atoms with Gasteiger partial charge in [0.15, 0.2) is 0 Å². The lowest BCUT2D eigenvalue weighted by Gasteiger charge is -2.30. The molecule has 0 radical (unpaired) electrons. The van der Waals surface area contributed by atoms with Crippen molar-refractivity contribution < 1.29 is 19.4 Å². The van der Waals surface area contributed by atoms with Crippen LogP contribution in [0.3, 0.4) is 0 Å². The average molecular weight is 314 g/mol. The topological polar surface area (TPSA) is 59.0 Å². The molecule has 1 fully saturated rings. The smallest absolute Gasteiger partial charge is 0.306 e. The number of carbonyl (C=O) groups is 1. The van der Waals surface area contributed by atoms with E-state index in [0.29, 0.717) is 30.2 Å². The molecular weight excluding hydrogens is 294 g/mol. The molecule has 0 spiro atoms. The van der Waals surface area contributed by atoms with E-state index < -0.39 is 5.97 Å². The molecule has 0 atom stereocenters. The van der Waals surface area contributed by atoms with Gasteiger partial charge in [-0.15, -0.1) is 0 Å². The molecular formula is C15H20ClNO4. The Morgan fingerprint density at radius 1 is 1.29 bits per heavy atom. The van der Waals surface area contributed by atoms with E-state index in [1.54, 1.807) is 20.3 Å². The summed E-state index contributed by atoms with van der Waals surface area (Å²) >= 11 is 6.16. The van der Waals surface area contributed by atoms with Crippen molar-refractivity contribution in [3.05, 3.63) is 22.7 Å². The summed E-state index contributed by atoms with van der Waals surface area (Å²) in [5, 5.41) is 9.57. The first-order valence-electron chi connectivity index (χ1n) is 6.90. The van der Waals surface area contributed by atoms with Crippen molar-refractivity contribution >= 4 is 17.6 Å². The predicted octanol–water partition coefficient (Wildman–Crippen LogP) is 2.65. The van der Waals surface area contributed by atoms with Crippen LogP contribution in [0.15, 0.2) is 12.1 Å². The Bertz CT molecular complexity index is 513. The lowest BCUT2D eigenvalue weighted by atomic mass is 9.97. The molecule has 1 heterocycles. The van der Waals surface area contributed by atoms with Crippen LogP contribution in [0.4, 0.5) is 0 Å². The molecule has 1 N–H and O–H groups in total. The Labute approximate surface area is 129 Å². The second-order valence-electron chi connectivity index (χ2n) is 5.19. The number of benzene rings is 1. The van der Waals surface area contributed by atoms with Crippen LogP contribution in [-0.4, -0.2) is 43.3 Å². The number of nitrogens with zero attached hydrogens (tertiary/aromatic N) is 1. The Morgan fingerprint density at radius 3 is 2.43 bits per heavy atom. The maximum atomic E-state index is 11.0. The highest BCUT2D eigenvalue weighted by Crippen LogP contribution is 2.33. The van der Waals surface area contributed by atoms with E-state index in [-0.39, 0.29) is 5.92 Å². The van der Waals surface area contributed by atoms with Crippen LogP contribution in [0.1, 0.15) is 18.4 Å². The molecule has 0 bridgehead atoms. The second kappa shape index (κ2) is 7.00. The van der Waals surface area contributed by atoms with Gasteiger partial charge in [-0.3, -0.25) is 9.69 Å². The van der Waals surface area contributed by atoms with Gasteiger partial charge in [0.1, 0.15) is 11.5 Å². The van der Waals surface area contributed by atoms with Crippen LogP contribution >= 0.6 is 11.6 Å². The summed E-state index contributed by atoms with van der Waals surface area (Å²) in [7, 11) is 3.18. The van der Waals surface area contributed by atoms with E-state index in [9.17, 15) is 4.79 Å². The molecule has 1 aliphatic heterocycles. The van der Waals surface area contributed by atoms with Crippen LogP contribution in [0.5, 0.6) is 11.5 Å². The number of rotatable bonds is 5. The molecule has 6 heteroatoms. The highest BCUT2D eigenvalue weighted by Gasteiger charge is 2.25. The molecule has 21 heavy (non-hydrogen) atoms. The highest BCUT2D eigenvalue weighted by atomic mass is 35.5. The van der Waals surface area contributed by atoms with E-state index in [1.807, 2.05) is 6.07 Å². The van der Waals surface area contributed by atoms with Crippen LogP contribution in [-0.2, 0) is 11.3 Å². The monoisotopic (exact) mass is 313 g/mol. The van der Waals surface area contributed by atoms with Gasteiger partial charge in [0.05, 0.1) is 25.2 Å². The van der Waals surface area contributed by atoms with Crippen molar-refractivity contribution in [2.75, 3.05) is 27.3 Å². The first-order valence-corrected chi connectivity index (χ1v) is 7.28. The third kappa shape index (κ3) is 3.80. The van der Waals surface area contributed by atoms with Gasteiger partial charge in [0.25, 0.3) is 0 Å². The van der Waals surface area contributed by atoms with Crippen molar-refractivity contribution in [1.82, 2.24) is 4.90 Å². The van der Waals surface area contributed by atoms with Crippen LogP contribution < -0.4 is 9.47 Å². The minimum absolute atomic E-state index is 0.220. The van der Waals surface area contributed by atoms with Crippen LogP contribution in [0, 0.1) is 5.92 Å². The summed E-state index contributed by atoms with van der Waals surface area (Å²) in [6.45, 7) is 2.23. The fraction of sp³-hybridized carbons (Fsp3) is 0.533. The van der Waals surface area contributed by atoms with Gasteiger partial charge < -0.3 is 14.6 Å². The normalized spacial score (nSPS) is 16.7. The quantitative estimate of drug-likeness (QED) is 0.905. The first kappa shape index (κ1) is 15.9. The zero-order valence-corrected chi connectivity index (χ0v) is 13.0. The van der Waals surface area contributed by atoms with Crippen molar-refractivity contribution in [2.24, 2.45) is 5.92 Å². The van der Waals surface area contributed by atoms with Gasteiger partial charge >= 0.3 is 5.97 Å². The fourth-order valence-electron chi connectivity index (χ4n) is 2.62. The number of ether oxygens (including phenoxy) is 2. The number of hydrogen-bond acceptors (Lipinski definition) is 4. The molecule has 1 aromatic rings. The molecule has 1 saturated heterocycles. The number of halogens is 1. The lowest BCUT2D eigenvalue weighted by Crippen LogP contribution is -2.35. The molecule has 1 aliphatic rings. The molecule has 0 unspecified atom stereocenters. The van der Waals surface area contributed by atoms with E-state index in [2.05, 4.69) is 4.90 Å². The number of carboxylic acids is 1. The molecule has 116 valence electrons. The number of hydrogen-bond donors (Lipinski definition) is 1. The minimum Gasteiger partial charge on any atom is -0.496 e. The van der Waals surface area contributed by atoms with Crippen molar-refractivity contribution in [2.45, 2.75) is 19.4 Å². The summed E-state index contributed by atoms with van der Waals surface area (Å²) in [6.07, 6.45) is 1.36. The summed E-state index contributed by atoms with van der Waals surface area (Å²) in [5.41, 5.74) is 0.983. The summed E-state index contributed by atoms with van der Waals surface area (Å²) in [5.74, 6) is 0.404. The van der Waals surface area contributed by atoms with Gasteiger partial charge in [-0.2, -0.15) is 0 Å². The van der Waals surface area contributed by atoms with Crippen molar-refractivity contribution in [3.8, 4) is 11.5 Å². The lowest BCUT2D eigenvalue weighted by molar-refractivity contribution is -0.143. The average Bonchev–Trinajstić information content (AvgIpc) is 2.48. The molecule has 2 rings (SSSR count). The third-order valence-corrected chi connectivity index (χ3v) is 4.18. The number of aliphatic carboxylic acids is 1. The second-order valence-corrected chi connectivity index (χ2v) is 5.59. The van der Waals surface area contributed by atoms with Gasteiger partial charge in [-0.25, -0.2) is 0 Å².